The molecule has 0 spiro atoms. The van der Waals surface area contributed by atoms with Crippen molar-refractivity contribution in [2.75, 3.05) is 32.7 Å². The highest BCUT2D eigenvalue weighted by molar-refractivity contribution is 6.06. The van der Waals surface area contributed by atoms with Crippen LogP contribution < -0.4 is 10.1 Å². The van der Waals surface area contributed by atoms with Gasteiger partial charge in [-0.25, -0.2) is 9.56 Å². The smallest absolute Gasteiger partial charge is 0.274 e. The third kappa shape index (κ3) is 5.06. The summed E-state index contributed by atoms with van der Waals surface area (Å²) in [5.74, 6) is 0.933. The van der Waals surface area contributed by atoms with Gasteiger partial charge >= 0.3 is 0 Å². The number of imidazole rings is 1. The van der Waals surface area contributed by atoms with Crippen LogP contribution >= 0.6 is 0 Å². The maximum Gasteiger partial charge on any atom is 0.274 e. The second kappa shape index (κ2) is 10.4. The van der Waals surface area contributed by atoms with Gasteiger partial charge in [0.25, 0.3) is 5.91 Å². The van der Waals surface area contributed by atoms with E-state index in [0.717, 1.165) is 23.2 Å². The zero-order valence-corrected chi connectivity index (χ0v) is 21.2. The van der Waals surface area contributed by atoms with Crippen LogP contribution in [0.3, 0.4) is 0 Å². The highest BCUT2D eigenvalue weighted by Gasteiger charge is 2.34. The molecule has 1 aliphatic heterocycles. The Morgan fingerprint density at radius 1 is 1.16 bits per heavy atom. The Labute approximate surface area is 215 Å². The molecule has 1 aliphatic rings. The molecule has 2 aromatic carbocycles. The van der Waals surface area contributed by atoms with Gasteiger partial charge in [-0.1, -0.05) is 31.2 Å². The molecule has 3 heterocycles. The van der Waals surface area contributed by atoms with E-state index in [0.29, 0.717) is 30.3 Å². The van der Waals surface area contributed by atoms with Gasteiger partial charge in [0.1, 0.15) is 36.5 Å². The number of fused-ring (bicyclic) bond motifs is 2. The zero-order valence-electron chi connectivity index (χ0n) is 21.2. The molecule has 0 saturated heterocycles. The number of aromatic nitrogens is 2. The fourth-order valence-electron chi connectivity index (χ4n) is 4.99. The molecule has 190 valence electrons. The molecule has 1 amide bonds. The average Bonchev–Trinajstić information content (AvgIpc) is 3.31. The molecule has 0 radical (unpaired) electrons. The quantitative estimate of drug-likeness (QED) is 0.281. The van der Waals surface area contributed by atoms with Gasteiger partial charge < -0.3 is 19.9 Å². The maximum atomic E-state index is 13.3. The van der Waals surface area contributed by atoms with Gasteiger partial charge in [0.2, 0.25) is 0 Å². The number of hydrogen-bond donors (Lipinski definition) is 2. The minimum Gasteiger partial charge on any atom is -0.508 e. The van der Waals surface area contributed by atoms with E-state index in [1.54, 1.807) is 36.0 Å². The number of phenols is 1. The fraction of sp³-hybridized carbons (Fsp3) is 0.276. The monoisotopic (exact) mass is 499 g/mol. The topological polar surface area (TPSA) is 88.1 Å². The number of benzene rings is 2. The van der Waals surface area contributed by atoms with Crippen LogP contribution in [0, 0.1) is 0 Å². The summed E-state index contributed by atoms with van der Waals surface area (Å²) in [7, 11) is 3.68. The summed E-state index contributed by atoms with van der Waals surface area (Å²) in [6.07, 6.45) is 6.25. The van der Waals surface area contributed by atoms with E-state index in [9.17, 15) is 9.90 Å². The summed E-state index contributed by atoms with van der Waals surface area (Å²) < 4.78 is 14.6. The first kappa shape index (κ1) is 24.5. The molecule has 0 aliphatic carbocycles. The van der Waals surface area contributed by atoms with Crippen LogP contribution in [0.25, 0.3) is 5.65 Å². The van der Waals surface area contributed by atoms with Crippen molar-refractivity contribution >= 4 is 23.5 Å². The van der Waals surface area contributed by atoms with Crippen LogP contribution in [0.15, 0.2) is 67.0 Å². The standard InChI is InChI=1S/C29H30N4O4/c1-19-23-8-5-9-25(24(23)18-32(2)26(19)15-20-6-4-7-21(34)14-20)31-29(35)27-17-30-28-16-22(10-11-33(27)28)37-13-12-36-3/h4-11,14,16-19,26,34H,12-13,15H2,1-3H3/p+1. The van der Waals surface area contributed by atoms with Crippen molar-refractivity contribution in [2.45, 2.75) is 25.3 Å². The second-order valence-electron chi connectivity index (χ2n) is 9.36. The Morgan fingerprint density at radius 3 is 2.81 bits per heavy atom. The van der Waals surface area contributed by atoms with Crippen LogP contribution in [-0.4, -0.2) is 64.6 Å². The van der Waals surface area contributed by atoms with Crippen molar-refractivity contribution in [1.82, 2.24) is 9.38 Å². The van der Waals surface area contributed by atoms with E-state index in [4.69, 9.17) is 9.47 Å². The van der Waals surface area contributed by atoms with Gasteiger partial charge in [-0.05, 0) is 35.4 Å². The van der Waals surface area contributed by atoms with Gasteiger partial charge in [0.05, 0.1) is 24.1 Å². The molecular weight excluding hydrogens is 468 g/mol. The largest absolute Gasteiger partial charge is 0.508 e. The molecule has 8 nitrogen and oxygen atoms in total. The molecule has 2 aromatic heterocycles. The summed E-state index contributed by atoms with van der Waals surface area (Å²) in [6, 6.07) is 17.3. The molecule has 37 heavy (non-hydrogen) atoms. The van der Waals surface area contributed by atoms with Gasteiger partial charge in [-0.15, -0.1) is 0 Å². The Morgan fingerprint density at radius 2 is 2.00 bits per heavy atom. The van der Waals surface area contributed by atoms with E-state index >= 15 is 0 Å². The summed E-state index contributed by atoms with van der Waals surface area (Å²) in [6.45, 7) is 3.14. The number of phenolic OH excluding ortho intramolecular Hbond substituents is 1. The highest BCUT2D eigenvalue weighted by Crippen LogP contribution is 2.33. The van der Waals surface area contributed by atoms with Crippen molar-refractivity contribution in [3.63, 3.8) is 0 Å². The number of anilines is 1. The zero-order chi connectivity index (χ0) is 25.9. The van der Waals surface area contributed by atoms with E-state index in [1.807, 2.05) is 36.4 Å². The number of aromatic hydroxyl groups is 1. The van der Waals surface area contributed by atoms with Gasteiger partial charge in [-0.3, -0.25) is 9.20 Å². The van der Waals surface area contributed by atoms with Crippen molar-refractivity contribution < 1.29 is 24.0 Å². The van der Waals surface area contributed by atoms with Crippen LogP contribution in [0.5, 0.6) is 11.5 Å². The Hall–Kier alpha value is -4.17. The molecule has 8 heteroatoms. The van der Waals surface area contributed by atoms with Crippen molar-refractivity contribution in [3.05, 3.63) is 89.4 Å². The van der Waals surface area contributed by atoms with Crippen molar-refractivity contribution in [1.29, 1.82) is 0 Å². The lowest BCUT2D eigenvalue weighted by molar-refractivity contribution is -0.538. The maximum absolute atomic E-state index is 13.3. The highest BCUT2D eigenvalue weighted by atomic mass is 16.5. The molecule has 2 N–H and O–H groups in total. The first-order valence-electron chi connectivity index (χ1n) is 12.3. The Bertz CT molecular complexity index is 1480. The molecule has 4 aromatic rings. The lowest BCUT2D eigenvalue weighted by atomic mass is 9.83. The number of methoxy groups -OCH3 is 1. The molecule has 2 unspecified atom stereocenters. The molecule has 0 fully saturated rings. The van der Waals surface area contributed by atoms with E-state index < -0.39 is 0 Å². The summed E-state index contributed by atoms with van der Waals surface area (Å²) in [5.41, 5.74) is 5.09. The SMILES string of the molecule is COCCOc1ccn2c(C(=O)Nc3cccc4c3C=[N+](C)C(Cc3cccc(O)c3)C4C)cnc2c1. The van der Waals surface area contributed by atoms with Crippen LogP contribution in [0.2, 0.25) is 0 Å². The number of carbonyl (C=O) groups is 1. The number of amides is 1. The lowest BCUT2D eigenvalue weighted by Gasteiger charge is -2.27. The van der Waals surface area contributed by atoms with Crippen molar-refractivity contribution in [2.24, 2.45) is 0 Å². The summed E-state index contributed by atoms with van der Waals surface area (Å²) in [4.78, 5) is 17.7. The van der Waals surface area contributed by atoms with Crippen molar-refractivity contribution in [3.8, 4) is 11.5 Å². The summed E-state index contributed by atoms with van der Waals surface area (Å²) in [5, 5.41) is 13.0. The third-order valence-corrected chi connectivity index (χ3v) is 6.94. The van der Waals surface area contributed by atoms with Crippen LogP contribution in [0.4, 0.5) is 5.69 Å². The third-order valence-electron chi connectivity index (χ3n) is 6.94. The fourth-order valence-corrected chi connectivity index (χ4v) is 4.99. The number of ether oxygens (including phenoxy) is 2. The number of nitrogens with one attached hydrogen (secondary N) is 1. The molecule has 0 saturated carbocycles. The van der Waals surface area contributed by atoms with Gasteiger partial charge in [0, 0.05) is 31.7 Å². The average molecular weight is 500 g/mol. The second-order valence-corrected chi connectivity index (χ2v) is 9.36. The Kier molecular flexibility index (Phi) is 6.92. The first-order chi connectivity index (χ1) is 17.9. The number of carbonyl (C=O) groups excluding carboxylic acids is 1. The number of pyridine rings is 1. The molecule has 0 bridgehead atoms. The molecule has 5 rings (SSSR count). The number of rotatable bonds is 8. The molecule has 2 atom stereocenters. The Balaban J connectivity index is 1.37. The number of nitrogens with zero attached hydrogens (tertiary/aromatic N) is 3. The van der Waals surface area contributed by atoms with E-state index in [-0.39, 0.29) is 23.6 Å². The van der Waals surface area contributed by atoms with Gasteiger partial charge in [-0.2, -0.15) is 0 Å². The minimum absolute atomic E-state index is 0.219. The predicted molar refractivity (Wildman–Crippen MR) is 142 cm³/mol. The van der Waals surface area contributed by atoms with Crippen LogP contribution in [-0.2, 0) is 11.2 Å². The normalized spacial score (nSPS) is 16.8. The minimum atomic E-state index is -0.237. The van der Waals surface area contributed by atoms with Crippen LogP contribution in [0.1, 0.15) is 40.0 Å². The van der Waals surface area contributed by atoms with Gasteiger partial charge in [0.15, 0.2) is 12.3 Å². The predicted octanol–water partition coefficient (Wildman–Crippen LogP) is 4.11. The van der Waals surface area contributed by atoms with E-state index in [1.165, 1.54) is 5.56 Å². The molecular formula is C29H31N4O4+. The summed E-state index contributed by atoms with van der Waals surface area (Å²) >= 11 is 0. The number of likely N-dealkylation sites (N-methyl/N-ethyl adjacent to an activating group) is 1. The number of hydrogen-bond acceptors (Lipinski definition) is 5. The van der Waals surface area contributed by atoms with E-state index in [2.05, 4.69) is 41.1 Å². The first-order valence-corrected chi connectivity index (χ1v) is 12.3. The lowest BCUT2D eigenvalue weighted by Crippen LogP contribution is -2.36.